The fourth-order valence-corrected chi connectivity index (χ4v) is 0.789. The average molecular weight is 178 g/mol. The summed E-state index contributed by atoms with van der Waals surface area (Å²) < 4.78 is 15.1. The zero-order valence-electron chi connectivity index (χ0n) is 5.08. The van der Waals surface area contributed by atoms with Gasteiger partial charge in [-0.2, -0.15) is 0 Å². The smallest absolute Gasteiger partial charge is 0.191 e. The predicted molar refractivity (Wildman–Crippen MR) is 31.2 cm³/mol. The van der Waals surface area contributed by atoms with Crippen LogP contribution in [-0.2, 0) is 26.2 Å². The maximum absolute atomic E-state index is 10.4. The molecule has 0 saturated carbocycles. The van der Waals surface area contributed by atoms with Gasteiger partial charge in [-0.25, -0.2) is 0 Å². The molecule has 0 spiro atoms. The standard InChI is InChI=1S/C4H11O2P.Fe/c1-3-6-7(5)4-2;/h7H,3-4H2,1-2H3;. The van der Waals surface area contributed by atoms with E-state index in [0.29, 0.717) is 12.8 Å². The van der Waals surface area contributed by atoms with E-state index in [0.717, 1.165) is 0 Å². The predicted octanol–water partition coefficient (Wildman–Crippen LogP) is 1.52. The second-order valence-electron chi connectivity index (χ2n) is 1.16. The Labute approximate surface area is 61.3 Å². The SMILES string of the molecule is CCO[PH](=O)CC.[Fe]. The summed E-state index contributed by atoms with van der Waals surface area (Å²) in [7, 11) is -1.63. The second-order valence-corrected chi connectivity index (χ2v) is 2.90. The summed E-state index contributed by atoms with van der Waals surface area (Å²) in [6.07, 6.45) is 0.665. The van der Waals surface area contributed by atoms with Crippen molar-refractivity contribution in [2.24, 2.45) is 0 Å². The van der Waals surface area contributed by atoms with E-state index in [1.54, 1.807) is 0 Å². The molecule has 1 unspecified atom stereocenters. The molecular formula is C4H11FeO2P. The first-order valence-corrected chi connectivity index (χ1v) is 3.99. The van der Waals surface area contributed by atoms with Gasteiger partial charge in [-0.1, -0.05) is 6.92 Å². The molecule has 0 heterocycles. The average Bonchev–Trinajstić information content (AvgIpc) is 1.68. The van der Waals surface area contributed by atoms with Crippen molar-refractivity contribution in [3.63, 3.8) is 0 Å². The summed E-state index contributed by atoms with van der Waals surface area (Å²) in [5.41, 5.74) is 0. The molecule has 0 amide bonds. The van der Waals surface area contributed by atoms with E-state index in [-0.39, 0.29) is 17.1 Å². The van der Waals surface area contributed by atoms with Gasteiger partial charge in [0, 0.05) is 23.2 Å². The fraction of sp³-hybridized carbons (Fsp3) is 1.00. The molecule has 0 bridgehead atoms. The van der Waals surface area contributed by atoms with Crippen LogP contribution in [0.15, 0.2) is 0 Å². The van der Waals surface area contributed by atoms with Gasteiger partial charge in [0.2, 0.25) is 0 Å². The van der Waals surface area contributed by atoms with Crippen molar-refractivity contribution < 1.29 is 26.2 Å². The van der Waals surface area contributed by atoms with Gasteiger partial charge in [0.25, 0.3) is 0 Å². The van der Waals surface area contributed by atoms with Crippen molar-refractivity contribution >= 4 is 8.03 Å². The van der Waals surface area contributed by atoms with Crippen LogP contribution < -0.4 is 0 Å². The van der Waals surface area contributed by atoms with Gasteiger partial charge >= 0.3 is 0 Å². The maximum atomic E-state index is 10.4. The zero-order chi connectivity index (χ0) is 5.70. The van der Waals surface area contributed by atoms with Crippen molar-refractivity contribution in [2.75, 3.05) is 12.8 Å². The van der Waals surface area contributed by atoms with Crippen LogP contribution in [0.4, 0.5) is 0 Å². The fourth-order valence-electron chi connectivity index (χ4n) is 0.263. The largest absolute Gasteiger partial charge is 0.331 e. The zero-order valence-corrected chi connectivity index (χ0v) is 7.19. The molecule has 4 heteroatoms. The Morgan fingerprint density at radius 3 is 2.12 bits per heavy atom. The van der Waals surface area contributed by atoms with Crippen molar-refractivity contribution in [1.29, 1.82) is 0 Å². The van der Waals surface area contributed by atoms with Crippen LogP contribution in [0, 0.1) is 0 Å². The number of rotatable bonds is 3. The molecule has 0 aromatic rings. The Bertz CT molecular complexity index is 67.1. The Kier molecular flexibility index (Phi) is 11.1. The molecule has 0 rings (SSSR count). The Hall–Kier alpha value is 0.709. The van der Waals surface area contributed by atoms with Crippen molar-refractivity contribution in [3.05, 3.63) is 0 Å². The Morgan fingerprint density at radius 1 is 1.50 bits per heavy atom. The monoisotopic (exact) mass is 178 g/mol. The van der Waals surface area contributed by atoms with Gasteiger partial charge in [-0.15, -0.1) is 0 Å². The molecule has 0 aliphatic carbocycles. The first-order valence-electron chi connectivity index (χ1n) is 2.46. The molecule has 0 radical (unpaired) electrons. The van der Waals surface area contributed by atoms with E-state index in [9.17, 15) is 4.57 Å². The third-order valence-corrected chi connectivity index (χ3v) is 1.78. The molecule has 1 atom stereocenters. The summed E-state index contributed by atoms with van der Waals surface area (Å²) in [5, 5.41) is 0. The van der Waals surface area contributed by atoms with Gasteiger partial charge in [-0.05, 0) is 6.92 Å². The van der Waals surface area contributed by atoms with Gasteiger partial charge < -0.3 is 4.52 Å². The Morgan fingerprint density at radius 2 is 2.00 bits per heavy atom. The quantitative estimate of drug-likeness (QED) is 0.483. The number of hydrogen-bond acceptors (Lipinski definition) is 2. The topological polar surface area (TPSA) is 26.3 Å². The van der Waals surface area contributed by atoms with Crippen molar-refractivity contribution in [3.8, 4) is 0 Å². The summed E-state index contributed by atoms with van der Waals surface area (Å²) in [6, 6.07) is 0. The first kappa shape index (κ1) is 11.5. The second kappa shape index (κ2) is 7.71. The summed E-state index contributed by atoms with van der Waals surface area (Å²) >= 11 is 0. The van der Waals surface area contributed by atoms with E-state index in [1.165, 1.54) is 0 Å². The third kappa shape index (κ3) is 6.71. The van der Waals surface area contributed by atoms with Crippen LogP contribution in [0.3, 0.4) is 0 Å². The van der Waals surface area contributed by atoms with E-state index < -0.39 is 8.03 Å². The minimum absolute atomic E-state index is 0. The van der Waals surface area contributed by atoms with Crippen LogP contribution in [0.1, 0.15) is 13.8 Å². The maximum Gasteiger partial charge on any atom is 0.191 e. The normalized spacial score (nSPS) is 12.2. The van der Waals surface area contributed by atoms with Crippen LogP contribution in [0.2, 0.25) is 0 Å². The van der Waals surface area contributed by atoms with E-state index in [1.807, 2.05) is 13.8 Å². The number of hydrogen-bond donors (Lipinski definition) is 0. The molecule has 2 nitrogen and oxygen atoms in total. The first-order chi connectivity index (χ1) is 3.31. The molecule has 0 aliphatic rings. The molecule has 0 aliphatic heterocycles. The summed E-state index contributed by atoms with van der Waals surface area (Å²) in [4.78, 5) is 0. The molecule has 0 fully saturated rings. The van der Waals surface area contributed by atoms with E-state index >= 15 is 0 Å². The van der Waals surface area contributed by atoms with E-state index in [4.69, 9.17) is 4.52 Å². The van der Waals surface area contributed by atoms with Crippen LogP contribution in [0.25, 0.3) is 0 Å². The molecule has 0 saturated heterocycles. The summed E-state index contributed by atoms with van der Waals surface area (Å²) in [5.74, 6) is 0. The Balaban J connectivity index is 0. The molecule has 0 aromatic carbocycles. The minimum atomic E-state index is -1.63. The van der Waals surface area contributed by atoms with Gasteiger partial charge in [0.05, 0.1) is 6.61 Å². The van der Waals surface area contributed by atoms with Gasteiger partial charge in [-0.3, -0.25) is 4.57 Å². The van der Waals surface area contributed by atoms with Crippen LogP contribution in [0.5, 0.6) is 0 Å². The molecule has 8 heavy (non-hydrogen) atoms. The van der Waals surface area contributed by atoms with Gasteiger partial charge in [0.15, 0.2) is 8.03 Å². The molecular weight excluding hydrogens is 167 g/mol. The van der Waals surface area contributed by atoms with Crippen molar-refractivity contribution in [1.82, 2.24) is 0 Å². The minimum Gasteiger partial charge on any atom is -0.331 e. The van der Waals surface area contributed by atoms with Crippen molar-refractivity contribution in [2.45, 2.75) is 13.8 Å². The van der Waals surface area contributed by atoms with Crippen LogP contribution >= 0.6 is 8.03 Å². The van der Waals surface area contributed by atoms with Gasteiger partial charge in [0.1, 0.15) is 0 Å². The summed E-state index contributed by atoms with van der Waals surface area (Å²) in [6.45, 7) is 4.28. The van der Waals surface area contributed by atoms with E-state index in [2.05, 4.69) is 0 Å². The molecule has 0 aromatic heterocycles. The van der Waals surface area contributed by atoms with Crippen LogP contribution in [-0.4, -0.2) is 12.8 Å². The molecule has 52 valence electrons. The molecule has 0 N–H and O–H groups in total. The third-order valence-electron chi connectivity index (χ3n) is 0.594.